The first-order valence-electron chi connectivity index (χ1n) is 15.7. The molecule has 0 bridgehead atoms. The van der Waals surface area contributed by atoms with E-state index in [1.807, 2.05) is 13.8 Å². The van der Waals surface area contributed by atoms with Crippen LogP contribution in [-0.4, -0.2) is 84.2 Å². The summed E-state index contributed by atoms with van der Waals surface area (Å²) in [6, 6.07) is 0.650. The van der Waals surface area contributed by atoms with Crippen LogP contribution >= 0.6 is 0 Å². The Morgan fingerprint density at radius 2 is 1.28 bits per heavy atom. The van der Waals surface area contributed by atoms with Gasteiger partial charge in [0, 0.05) is 6.42 Å². The third-order valence-corrected chi connectivity index (χ3v) is 7.15. The van der Waals surface area contributed by atoms with Crippen molar-refractivity contribution in [3.05, 3.63) is 29.8 Å². The van der Waals surface area contributed by atoms with Crippen LogP contribution in [0.15, 0.2) is 24.3 Å². The second-order valence-electron chi connectivity index (χ2n) is 11.8. The number of hydrogen-bond acceptors (Lipinski definition) is 10. The lowest BCUT2D eigenvalue weighted by atomic mass is 10.00. The van der Waals surface area contributed by atoms with Crippen LogP contribution in [0.3, 0.4) is 0 Å². The Kier molecular flexibility index (Phi) is 18.8. The fourth-order valence-corrected chi connectivity index (χ4v) is 4.64. The maximum absolute atomic E-state index is 13.7. The largest absolute Gasteiger partial charge is 0.508 e. The smallest absolute Gasteiger partial charge is 0.243 e. The number of rotatable bonds is 23. The van der Waals surface area contributed by atoms with Crippen LogP contribution in [0.4, 0.5) is 0 Å². The van der Waals surface area contributed by atoms with E-state index in [0.717, 1.165) is 0 Å². The van der Waals surface area contributed by atoms with Gasteiger partial charge in [0.2, 0.25) is 29.5 Å². The molecule has 1 rings (SSSR count). The monoisotopic (exact) mass is 648 g/mol. The first-order valence-corrected chi connectivity index (χ1v) is 15.7. The molecule has 0 aliphatic rings. The van der Waals surface area contributed by atoms with Crippen LogP contribution in [0, 0.1) is 5.92 Å². The Morgan fingerprint density at radius 3 is 1.83 bits per heavy atom. The second kappa shape index (κ2) is 21.6. The highest BCUT2D eigenvalue weighted by Crippen LogP contribution is 2.13. The summed E-state index contributed by atoms with van der Waals surface area (Å²) in [5.41, 5.74) is 23.0. The lowest BCUT2D eigenvalue weighted by Gasteiger charge is -2.27. The summed E-state index contributed by atoms with van der Waals surface area (Å²) in [4.78, 5) is 76.0. The lowest BCUT2D eigenvalue weighted by molar-refractivity contribution is -0.134. The summed E-state index contributed by atoms with van der Waals surface area (Å²) in [6.07, 6.45) is 3.22. The molecule has 15 nitrogen and oxygen atoms in total. The van der Waals surface area contributed by atoms with E-state index in [2.05, 4.69) is 21.3 Å². The number of carbonyl (C=O) groups is 6. The van der Waals surface area contributed by atoms with Gasteiger partial charge in [-0.15, -0.1) is 0 Å². The Labute approximate surface area is 270 Å². The van der Waals surface area contributed by atoms with Gasteiger partial charge in [-0.2, -0.15) is 0 Å². The molecule has 0 aromatic heterocycles. The summed E-state index contributed by atoms with van der Waals surface area (Å²) in [6.45, 7) is 4.51. The lowest BCUT2D eigenvalue weighted by Crippen LogP contribution is -2.59. The van der Waals surface area contributed by atoms with Crippen molar-refractivity contribution >= 4 is 35.8 Å². The van der Waals surface area contributed by atoms with Crippen molar-refractivity contribution in [1.82, 2.24) is 21.3 Å². The molecular weight excluding hydrogens is 596 g/mol. The predicted octanol–water partition coefficient (Wildman–Crippen LogP) is -1.42. The van der Waals surface area contributed by atoms with Gasteiger partial charge in [0.15, 0.2) is 0 Å². The summed E-state index contributed by atoms with van der Waals surface area (Å²) in [7, 11) is 0. The molecule has 5 atom stereocenters. The van der Waals surface area contributed by atoms with Crippen LogP contribution in [-0.2, 0) is 35.2 Å². The molecule has 0 unspecified atom stereocenters. The zero-order valence-corrected chi connectivity index (χ0v) is 26.8. The van der Waals surface area contributed by atoms with Crippen LogP contribution in [0.2, 0.25) is 0 Å². The van der Waals surface area contributed by atoms with E-state index in [1.54, 1.807) is 12.1 Å². The predicted molar refractivity (Wildman–Crippen MR) is 173 cm³/mol. The van der Waals surface area contributed by atoms with Crippen molar-refractivity contribution in [3.8, 4) is 5.75 Å². The molecular formula is C31H52N8O7. The van der Waals surface area contributed by atoms with E-state index in [0.29, 0.717) is 57.0 Å². The minimum absolute atomic E-state index is 0.00799. The number of amides is 5. The van der Waals surface area contributed by atoms with Crippen molar-refractivity contribution < 1.29 is 33.9 Å². The Morgan fingerprint density at radius 1 is 0.761 bits per heavy atom. The van der Waals surface area contributed by atoms with Crippen LogP contribution in [0.5, 0.6) is 5.75 Å². The average Bonchev–Trinajstić information content (AvgIpc) is 2.99. The molecule has 46 heavy (non-hydrogen) atoms. The maximum Gasteiger partial charge on any atom is 0.243 e. The van der Waals surface area contributed by atoms with Gasteiger partial charge < -0.3 is 54.1 Å². The van der Waals surface area contributed by atoms with E-state index < -0.39 is 66.2 Å². The topological polar surface area (TPSA) is 275 Å². The molecule has 0 spiro atoms. The van der Waals surface area contributed by atoms with E-state index >= 15 is 0 Å². The van der Waals surface area contributed by atoms with Crippen molar-refractivity contribution in [1.29, 1.82) is 0 Å². The number of primary amides is 1. The molecule has 258 valence electrons. The Hall–Kier alpha value is -4.08. The molecule has 0 heterocycles. The van der Waals surface area contributed by atoms with Gasteiger partial charge in [-0.1, -0.05) is 32.4 Å². The first kappa shape index (κ1) is 39.9. The minimum Gasteiger partial charge on any atom is -0.508 e. The van der Waals surface area contributed by atoms with Crippen LogP contribution in [0.25, 0.3) is 0 Å². The van der Waals surface area contributed by atoms with Gasteiger partial charge >= 0.3 is 0 Å². The number of nitrogens with one attached hydrogen (secondary N) is 4. The zero-order chi connectivity index (χ0) is 34.6. The summed E-state index contributed by atoms with van der Waals surface area (Å²) in [5, 5.41) is 20.2. The molecule has 0 aliphatic carbocycles. The number of aromatic hydroxyl groups is 1. The molecule has 1 aromatic rings. The normalized spacial score (nSPS) is 14.3. The first-order chi connectivity index (χ1) is 21.8. The third-order valence-electron chi connectivity index (χ3n) is 7.15. The summed E-state index contributed by atoms with van der Waals surface area (Å²) >= 11 is 0. The Bertz CT molecular complexity index is 1130. The number of aldehydes is 1. The Balaban J connectivity index is 3.26. The molecule has 0 fully saturated rings. The van der Waals surface area contributed by atoms with E-state index in [-0.39, 0.29) is 30.9 Å². The number of phenolic OH excluding ortho intramolecular Hbond substituents is 1. The standard InChI is InChI=1S/C31H52N8O7/c1-19(2)15-25(30(45)36-21(18-40)17-27(35)42)38-31(46)26(16-20-9-11-22(41)12-10-20)39-29(44)24(8-4-6-14-33)37-28(43)23(34)7-3-5-13-32/h9-12,18-19,21,23-26,41H,3-8,13-17,32-34H2,1-2H3,(H2,35,42)(H,36,45)(H,37,43)(H,38,46)(H,39,44)/t21-,23-,24-,25-,26-/m0/s1. The van der Waals surface area contributed by atoms with Gasteiger partial charge in [0.05, 0.1) is 18.5 Å². The third kappa shape index (κ3) is 15.8. The van der Waals surface area contributed by atoms with Gasteiger partial charge in [0.25, 0.3) is 0 Å². The number of unbranched alkanes of at least 4 members (excludes halogenated alkanes) is 2. The van der Waals surface area contributed by atoms with E-state index in [4.69, 9.17) is 22.9 Å². The number of phenols is 1. The molecule has 0 radical (unpaired) electrons. The highest BCUT2D eigenvalue weighted by atomic mass is 16.3. The second-order valence-corrected chi connectivity index (χ2v) is 11.8. The molecule has 0 saturated heterocycles. The average molecular weight is 649 g/mol. The molecule has 5 amide bonds. The van der Waals surface area contributed by atoms with Crippen molar-refractivity contribution in [2.75, 3.05) is 13.1 Å². The zero-order valence-electron chi connectivity index (χ0n) is 26.8. The molecule has 13 N–H and O–H groups in total. The fourth-order valence-electron chi connectivity index (χ4n) is 4.64. The number of carbonyl (C=O) groups excluding carboxylic acids is 6. The molecule has 0 saturated carbocycles. The highest BCUT2D eigenvalue weighted by molar-refractivity contribution is 5.95. The molecule has 0 aliphatic heterocycles. The number of nitrogens with two attached hydrogens (primary N) is 4. The fraction of sp³-hybridized carbons (Fsp3) is 0.613. The van der Waals surface area contributed by atoms with Crippen molar-refractivity contribution in [2.45, 2.75) is 102 Å². The van der Waals surface area contributed by atoms with E-state index in [9.17, 15) is 33.9 Å². The van der Waals surface area contributed by atoms with Gasteiger partial charge in [-0.05, 0) is 75.2 Å². The minimum atomic E-state index is -1.21. The van der Waals surface area contributed by atoms with Gasteiger partial charge in [0.1, 0.15) is 30.2 Å². The summed E-state index contributed by atoms with van der Waals surface area (Å²) < 4.78 is 0. The SMILES string of the molecule is CC(C)C[C@H](NC(=O)[C@H](Cc1ccc(O)cc1)NC(=O)[C@H](CCCCN)NC(=O)[C@@H](N)CCCCN)C(=O)N[C@H](C=O)CC(N)=O. The van der Waals surface area contributed by atoms with Crippen LogP contribution in [0.1, 0.15) is 70.8 Å². The number of hydrogen-bond donors (Lipinski definition) is 9. The van der Waals surface area contributed by atoms with Crippen molar-refractivity contribution in [2.24, 2.45) is 28.9 Å². The van der Waals surface area contributed by atoms with Crippen molar-refractivity contribution in [3.63, 3.8) is 0 Å². The van der Waals surface area contributed by atoms with E-state index in [1.165, 1.54) is 12.1 Å². The quantitative estimate of drug-likeness (QED) is 0.0493. The maximum atomic E-state index is 13.7. The van der Waals surface area contributed by atoms with Crippen LogP contribution < -0.4 is 44.2 Å². The molecule has 15 heteroatoms. The summed E-state index contributed by atoms with van der Waals surface area (Å²) in [5.74, 6) is -3.40. The van der Waals surface area contributed by atoms with Gasteiger partial charge in [-0.25, -0.2) is 0 Å². The van der Waals surface area contributed by atoms with Gasteiger partial charge in [-0.3, -0.25) is 24.0 Å². The molecule has 1 aromatic carbocycles. The number of benzene rings is 1. The highest BCUT2D eigenvalue weighted by Gasteiger charge is 2.31.